The molecule has 3 aromatic carbocycles. The highest BCUT2D eigenvalue weighted by Crippen LogP contribution is 2.38. The van der Waals surface area contributed by atoms with Gasteiger partial charge in [-0.05, 0) is 17.2 Å². The monoisotopic (exact) mass is 533 g/mol. The highest BCUT2D eigenvalue weighted by atomic mass is 35.5. The Morgan fingerprint density at radius 2 is 1.65 bits per heavy atom. The van der Waals surface area contributed by atoms with Gasteiger partial charge in [-0.15, -0.1) is 23.7 Å². The summed E-state index contributed by atoms with van der Waals surface area (Å²) in [6.45, 7) is 2.04. The van der Waals surface area contributed by atoms with Crippen molar-refractivity contribution in [3.8, 4) is 10.6 Å². The van der Waals surface area contributed by atoms with Crippen LogP contribution in [0.1, 0.15) is 27.5 Å². The molecule has 6 nitrogen and oxygen atoms in total. The lowest BCUT2D eigenvalue weighted by atomic mass is 9.88. The first-order chi connectivity index (χ1) is 17.6. The molecule has 1 saturated heterocycles. The van der Waals surface area contributed by atoms with Crippen molar-refractivity contribution in [3.63, 3.8) is 0 Å². The van der Waals surface area contributed by atoms with Crippen LogP contribution in [0, 0.1) is 5.92 Å². The van der Waals surface area contributed by atoms with Gasteiger partial charge in [0.25, 0.3) is 5.91 Å². The molecule has 1 N–H and O–H groups in total. The van der Waals surface area contributed by atoms with E-state index in [1.54, 1.807) is 5.38 Å². The van der Waals surface area contributed by atoms with Crippen molar-refractivity contribution in [1.82, 2.24) is 9.88 Å². The molecular formula is C29H28ClN3O3S. The molecule has 37 heavy (non-hydrogen) atoms. The molecule has 2 heterocycles. The van der Waals surface area contributed by atoms with Gasteiger partial charge in [-0.25, -0.2) is 4.98 Å². The molecule has 1 fully saturated rings. The van der Waals surface area contributed by atoms with Gasteiger partial charge < -0.3 is 10.1 Å². The lowest BCUT2D eigenvalue weighted by Gasteiger charge is -2.20. The van der Waals surface area contributed by atoms with Gasteiger partial charge in [0.1, 0.15) is 10.7 Å². The van der Waals surface area contributed by atoms with Gasteiger partial charge in [0.05, 0.1) is 13.0 Å². The van der Waals surface area contributed by atoms with E-state index in [-0.39, 0.29) is 36.1 Å². The van der Waals surface area contributed by atoms with E-state index in [0.717, 1.165) is 22.7 Å². The average molecular weight is 534 g/mol. The van der Waals surface area contributed by atoms with Crippen molar-refractivity contribution in [1.29, 1.82) is 0 Å². The topological polar surface area (TPSA) is 71.5 Å². The Morgan fingerprint density at radius 3 is 2.38 bits per heavy atom. The first kappa shape index (κ1) is 26.5. The predicted octanol–water partition coefficient (Wildman–Crippen LogP) is 5.87. The number of thiazole rings is 1. The molecule has 5 rings (SSSR count). The minimum Gasteiger partial charge on any atom is -0.469 e. The van der Waals surface area contributed by atoms with Crippen LogP contribution in [0.4, 0.5) is 5.69 Å². The third-order valence-electron chi connectivity index (χ3n) is 6.51. The fraction of sp³-hybridized carbons (Fsp3) is 0.207. The van der Waals surface area contributed by atoms with Crippen molar-refractivity contribution in [2.45, 2.75) is 12.5 Å². The Hall–Kier alpha value is -3.52. The maximum Gasteiger partial charge on any atom is 0.310 e. The number of anilines is 1. The van der Waals surface area contributed by atoms with E-state index in [9.17, 15) is 9.59 Å². The van der Waals surface area contributed by atoms with Crippen LogP contribution < -0.4 is 5.32 Å². The third kappa shape index (κ3) is 6.07. The molecule has 0 saturated carbocycles. The predicted molar refractivity (Wildman–Crippen MR) is 149 cm³/mol. The van der Waals surface area contributed by atoms with Crippen LogP contribution in [-0.4, -0.2) is 42.0 Å². The summed E-state index contributed by atoms with van der Waals surface area (Å²) >= 11 is 1.44. The second kappa shape index (κ2) is 12.1. The number of hydrogen-bond acceptors (Lipinski definition) is 6. The van der Waals surface area contributed by atoms with E-state index in [1.165, 1.54) is 24.0 Å². The first-order valence-corrected chi connectivity index (χ1v) is 12.8. The number of para-hydroxylation sites is 1. The number of rotatable bonds is 7. The maximum atomic E-state index is 13.1. The van der Waals surface area contributed by atoms with Crippen molar-refractivity contribution >= 4 is 41.3 Å². The fourth-order valence-corrected chi connectivity index (χ4v) is 5.58. The minimum absolute atomic E-state index is 0. The molecule has 0 radical (unpaired) electrons. The number of ether oxygens (including phenoxy) is 1. The number of carbonyl (C=O) groups is 2. The van der Waals surface area contributed by atoms with Gasteiger partial charge in [-0.2, -0.15) is 0 Å². The Balaban J connectivity index is 0.00000320. The number of amides is 1. The van der Waals surface area contributed by atoms with Crippen LogP contribution in [0.3, 0.4) is 0 Å². The van der Waals surface area contributed by atoms with Crippen molar-refractivity contribution in [2.75, 3.05) is 25.5 Å². The van der Waals surface area contributed by atoms with Crippen LogP contribution in [0.5, 0.6) is 0 Å². The van der Waals surface area contributed by atoms with E-state index in [2.05, 4.69) is 27.3 Å². The molecule has 0 aliphatic carbocycles. The lowest BCUT2D eigenvalue weighted by Crippen LogP contribution is -2.25. The van der Waals surface area contributed by atoms with Gasteiger partial charge in [0, 0.05) is 42.2 Å². The van der Waals surface area contributed by atoms with Crippen LogP contribution in [0.2, 0.25) is 0 Å². The number of carbonyl (C=O) groups excluding carboxylic acids is 2. The summed E-state index contributed by atoms with van der Waals surface area (Å²) in [7, 11) is 1.43. The molecule has 0 unspecified atom stereocenters. The molecular weight excluding hydrogens is 506 g/mol. The first-order valence-electron chi connectivity index (χ1n) is 11.9. The van der Waals surface area contributed by atoms with Gasteiger partial charge in [-0.3, -0.25) is 14.5 Å². The van der Waals surface area contributed by atoms with Crippen LogP contribution in [0.15, 0.2) is 90.3 Å². The molecule has 1 aliphatic heterocycles. The van der Waals surface area contributed by atoms with Gasteiger partial charge in [0.15, 0.2) is 0 Å². The summed E-state index contributed by atoms with van der Waals surface area (Å²) in [5.41, 5.74) is 4.16. The summed E-state index contributed by atoms with van der Waals surface area (Å²) < 4.78 is 5.16. The Kier molecular flexibility index (Phi) is 8.71. The van der Waals surface area contributed by atoms with E-state index < -0.39 is 0 Å². The summed E-state index contributed by atoms with van der Waals surface area (Å²) in [5, 5.41) is 5.62. The minimum atomic E-state index is -0.319. The quantitative estimate of drug-likeness (QED) is 0.301. The smallest absolute Gasteiger partial charge is 0.310 e. The number of nitrogens with one attached hydrogen (secondary N) is 1. The number of nitrogens with zero attached hydrogens (tertiary/aromatic N) is 2. The molecule has 190 valence electrons. The SMILES string of the molecule is COC(=O)[C@@H]1CN(Cc2ccccc2)C[C@H]1c1ccccc1NC(=O)c1csc(-c2ccccc2)n1.Cl. The number of benzene rings is 3. The van der Waals surface area contributed by atoms with Crippen molar-refractivity contribution in [3.05, 3.63) is 107 Å². The number of aromatic nitrogens is 1. The normalized spacial score (nSPS) is 17.1. The number of likely N-dealkylation sites (tertiary alicyclic amines) is 1. The molecule has 0 spiro atoms. The Labute approximate surface area is 226 Å². The van der Waals surface area contributed by atoms with Crippen molar-refractivity contribution < 1.29 is 14.3 Å². The van der Waals surface area contributed by atoms with Crippen molar-refractivity contribution in [2.24, 2.45) is 5.92 Å². The van der Waals surface area contributed by atoms with Gasteiger partial charge in [0.2, 0.25) is 0 Å². The third-order valence-corrected chi connectivity index (χ3v) is 7.41. The standard InChI is InChI=1S/C29H27N3O3S.ClH/c1-35-29(34)24-18-32(16-20-10-4-2-5-11-20)17-23(24)22-14-8-9-15-25(22)30-27(33)26-19-36-28(31-26)21-12-6-3-7-13-21;/h2-15,19,23-24H,16-18H2,1H3,(H,30,33);1H/t23-,24+;/m0./s1. The molecule has 1 amide bonds. The van der Waals surface area contributed by atoms with Crippen LogP contribution in [0.25, 0.3) is 10.6 Å². The zero-order chi connectivity index (χ0) is 24.9. The Morgan fingerprint density at radius 1 is 0.973 bits per heavy atom. The van der Waals surface area contributed by atoms with E-state index in [4.69, 9.17) is 4.74 Å². The fourth-order valence-electron chi connectivity index (χ4n) is 4.77. The number of halogens is 1. The maximum absolute atomic E-state index is 13.1. The van der Waals surface area contributed by atoms with Crippen LogP contribution in [-0.2, 0) is 16.1 Å². The van der Waals surface area contributed by atoms with E-state index in [1.807, 2.05) is 72.8 Å². The molecule has 8 heteroatoms. The largest absolute Gasteiger partial charge is 0.469 e. The Bertz CT molecular complexity index is 1350. The number of esters is 1. The van der Waals surface area contributed by atoms with Crippen LogP contribution >= 0.6 is 23.7 Å². The number of hydrogen-bond donors (Lipinski definition) is 1. The summed E-state index contributed by atoms with van der Waals surface area (Å²) in [5.74, 6) is -0.924. The van der Waals surface area contributed by atoms with Gasteiger partial charge >= 0.3 is 5.97 Å². The molecule has 1 aliphatic rings. The summed E-state index contributed by atoms with van der Waals surface area (Å²) in [6, 6.07) is 27.7. The number of methoxy groups -OCH3 is 1. The average Bonchev–Trinajstić information content (AvgIpc) is 3.58. The molecule has 0 bridgehead atoms. The second-order valence-corrected chi connectivity index (χ2v) is 9.72. The summed E-state index contributed by atoms with van der Waals surface area (Å²) in [6.07, 6.45) is 0. The zero-order valence-electron chi connectivity index (χ0n) is 20.4. The highest BCUT2D eigenvalue weighted by Gasteiger charge is 2.40. The molecule has 1 aromatic heterocycles. The molecule has 4 aromatic rings. The highest BCUT2D eigenvalue weighted by molar-refractivity contribution is 7.13. The molecule has 2 atom stereocenters. The zero-order valence-corrected chi connectivity index (χ0v) is 22.0. The van der Waals surface area contributed by atoms with E-state index >= 15 is 0 Å². The lowest BCUT2D eigenvalue weighted by molar-refractivity contribution is -0.145. The second-order valence-electron chi connectivity index (χ2n) is 8.86. The van der Waals surface area contributed by atoms with Gasteiger partial charge in [-0.1, -0.05) is 78.9 Å². The summed E-state index contributed by atoms with van der Waals surface area (Å²) in [4.78, 5) is 32.7. The van der Waals surface area contributed by atoms with E-state index in [0.29, 0.717) is 24.5 Å².